The van der Waals surface area contributed by atoms with Gasteiger partial charge < -0.3 is 18.9 Å². The molecule has 160 valence electrons. The molecule has 0 aliphatic heterocycles. The minimum Gasteiger partial charge on any atom is -0.493 e. The normalized spacial score (nSPS) is 11.6. The molecule has 1 amide bonds. The zero-order valence-corrected chi connectivity index (χ0v) is 17.4. The molecule has 2 aromatic rings. The molecule has 0 N–H and O–H groups in total. The molecule has 0 unspecified atom stereocenters. The van der Waals surface area contributed by atoms with Gasteiger partial charge in [0.25, 0.3) is 0 Å². The van der Waals surface area contributed by atoms with Gasteiger partial charge in [-0.2, -0.15) is 13.8 Å². The van der Waals surface area contributed by atoms with E-state index >= 15 is 0 Å². The minimum absolute atomic E-state index is 0.0468. The van der Waals surface area contributed by atoms with Gasteiger partial charge in [-0.3, -0.25) is 4.79 Å². The van der Waals surface area contributed by atoms with Crippen molar-refractivity contribution in [2.45, 2.75) is 58.6 Å². The van der Waals surface area contributed by atoms with Crippen LogP contribution in [0.5, 0.6) is 11.5 Å². The topological polar surface area (TPSA) is 77.7 Å². The SMILES string of the molecule is COc1cc(CN(C)C(=O)CCCc2nc(C(C)(C)C)no2)ccc1OC(F)F. The Kier molecular flexibility index (Phi) is 7.53. The number of aryl methyl sites for hydroxylation is 1. The Bertz CT molecular complexity index is 818. The molecule has 0 atom stereocenters. The number of hydrogen-bond donors (Lipinski definition) is 0. The third-order valence-electron chi connectivity index (χ3n) is 4.21. The van der Waals surface area contributed by atoms with Crippen LogP contribution < -0.4 is 9.47 Å². The summed E-state index contributed by atoms with van der Waals surface area (Å²) in [6.45, 7) is 3.39. The Hall–Kier alpha value is -2.71. The summed E-state index contributed by atoms with van der Waals surface area (Å²) in [5.74, 6) is 1.26. The van der Waals surface area contributed by atoms with Crippen LogP contribution >= 0.6 is 0 Å². The van der Waals surface area contributed by atoms with E-state index in [0.717, 1.165) is 5.56 Å². The number of amides is 1. The molecule has 0 radical (unpaired) electrons. The van der Waals surface area contributed by atoms with E-state index in [9.17, 15) is 13.6 Å². The second-order valence-corrected chi connectivity index (χ2v) is 7.73. The summed E-state index contributed by atoms with van der Waals surface area (Å²) in [6.07, 6.45) is 1.43. The average Bonchev–Trinajstić information content (AvgIpc) is 3.11. The Labute approximate surface area is 169 Å². The van der Waals surface area contributed by atoms with Gasteiger partial charge in [-0.15, -0.1) is 0 Å². The van der Waals surface area contributed by atoms with E-state index in [-0.39, 0.29) is 22.8 Å². The van der Waals surface area contributed by atoms with Crippen molar-refractivity contribution in [1.29, 1.82) is 0 Å². The fraction of sp³-hybridized carbons (Fsp3) is 0.550. The summed E-state index contributed by atoms with van der Waals surface area (Å²) in [4.78, 5) is 18.3. The summed E-state index contributed by atoms with van der Waals surface area (Å²) < 4.78 is 39.5. The van der Waals surface area contributed by atoms with Crippen LogP contribution in [0.25, 0.3) is 0 Å². The fourth-order valence-corrected chi connectivity index (χ4v) is 2.61. The molecule has 0 aliphatic carbocycles. The number of carbonyl (C=O) groups excluding carboxylic acids is 1. The maximum atomic E-state index is 12.4. The second-order valence-electron chi connectivity index (χ2n) is 7.73. The number of halogens is 2. The highest BCUT2D eigenvalue weighted by Crippen LogP contribution is 2.30. The first-order chi connectivity index (χ1) is 13.6. The van der Waals surface area contributed by atoms with Crippen molar-refractivity contribution in [3.63, 3.8) is 0 Å². The second kappa shape index (κ2) is 9.67. The van der Waals surface area contributed by atoms with E-state index in [1.807, 2.05) is 20.8 Å². The third-order valence-corrected chi connectivity index (χ3v) is 4.21. The maximum Gasteiger partial charge on any atom is 0.387 e. The summed E-state index contributed by atoms with van der Waals surface area (Å²) >= 11 is 0. The van der Waals surface area contributed by atoms with Crippen LogP contribution in [0.15, 0.2) is 22.7 Å². The fourth-order valence-electron chi connectivity index (χ4n) is 2.61. The highest BCUT2D eigenvalue weighted by Gasteiger charge is 2.21. The number of rotatable bonds is 9. The van der Waals surface area contributed by atoms with Crippen molar-refractivity contribution >= 4 is 5.91 Å². The number of ether oxygens (including phenoxy) is 2. The molecule has 0 bridgehead atoms. The summed E-state index contributed by atoms with van der Waals surface area (Å²) in [5.41, 5.74) is 0.556. The lowest BCUT2D eigenvalue weighted by atomic mass is 9.96. The Morgan fingerprint density at radius 2 is 2.00 bits per heavy atom. The number of alkyl halides is 2. The van der Waals surface area contributed by atoms with Crippen LogP contribution in [0.3, 0.4) is 0 Å². The van der Waals surface area contributed by atoms with Gasteiger partial charge in [0.15, 0.2) is 17.3 Å². The van der Waals surface area contributed by atoms with Crippen LogP contribution in [-0.2, 0) is 23.2 Å². The van der Waals surface area contributed by atoms with Gasteiger partial charge in [0, 0.05) is 31.8 Å². The van der Waals surface area contributed by atoms with Gasteiger partial charge >= 0.3 is 6.61 Å². The smallest absolute Gasteiger partial charge is 0.387 e. The van der Waals surface area contributed by atoms with Crippen molar-refractivity contribution in [3.8, 4) is 11.5 Å². The number of methoxy groups -OCH3 is 1. The van der Waals surface area contributed by atoms with E-state index in [1.54, 1.807) is 24.1 Å². The lowest BCUT2D eigenvalue weighted by molar-refractivity contribution is -0.130. The first-order valence-corrected chi connectivity index (χ1v) is 9.29. The molecular weight excluding hydrogens is 384 g/mol. The van der Waals surface area contributed by atoms with E-state index in [2.05, 4.69) is 14.9 Å². The van der Waals surface area contributed by atoms with Crippen LogP contribution in [0.2, 0.25) is 0 Å². The van der Waals surface area contributed by atoms with Gasteiger partial charge in [-0.05, 0) is 24.1 Å². The maximum absolute atomic E-state index is 12.4. The largest absolute Gasteiger partial charge is 0.493 e. The van der Waals surface area contributed by atoms with E-state index in [0.29, 0.717) is 37.5 Å². The van der Waals surface area contributed by atoms with Gasteiger partial charge in [0.05, 0.1) is 7.11 Å². The molecule has 9 heteroatoms. The zero-order valence-electron chi connectivity index (χ0n) is 17.4. The molecule has 0 saturated heterocycles. The minimum atomic E-state index is -2.93. The van der Waals surface area contributed by atoms with E-state index < -0.39 is 6.61 Å². The van der Waals surface area contributed by atoms with Crippen LogP contribution in [0.1, 0.15) is 50.9 Å². The third kappa shape index (κ3) is 6.69. The molecule has 1 aromatic carbocycles. The lowest BCUT2D eigenvalue weighted by Gasteiger charge is -2.18. The summed E-state index contributed by atoms with van der Waals surface area (Å²) in [7, 11) is 3.05. The number of carbonyl (C=O) groups is 1. The molecule has 0 fully saturated rings. The van der Waals surface area contributed by atoms with Crippen molar-refractivity contribution < 1.29 is 27.6 Å². The number of aromatic nitrogens is 2. The Morgan fingerprint density at radius 1 is 1.28 bits per heavy atom. The molecule has 1 heterocycles. The molecule has 0 aliphatic rings. The standard InChI is InChI=1S/C20H27F2N3O4/c1-20(2,3)18-23-16(29-24-18)7-6-8-17(26)25(4)12-13-9-10-14(28-19(21)22)15(11-13)27-5/h9-11,19H,6-8,12H2,1-5H3. The number of nitrogens with zero attached hydrogens (tertiary/aromatic N) is 3. The molecule has 1 aromatic heterocycles. The van der Waals surface area contributed by atoms with Crippen molar-refractivity contribution in [2.75, 3.05) is 14.2 Å². The molecule has 0 spiro atoms. The van der Waals surface area contributed by atoms with Gasteiger partial charge in [0.2, 0.25) is 11.8 Å². The van der Waals surface area contributed by atoms with Gasteiger partial charge in [-0.1, -0.05) is 32.0 Å². The van der Waals surface area contributed by atoms with Crippen LogP contribution in [-0.4, -0.2) is 41.7 Å². The molecule has 2 rings (SSSR count). The van der Waals surface area contributed by atoms with E-state index in [1.165, 1.54) is 13.2 Å². The Balaban J connectivity index is 1.86. The van der Waals surface area contributed by atoms with Crippen molar-refractivity contribution in [2.24, 2.45) is 0 Å². The first-order valence-electron chi connectivity index (χ1n) is 9.29. The van der Waals surface area contributed by atoms with Gasteiger partial charge in [0.1, 0.15) is 0 Å². The van der Waals surface area contributed by atoms with Crippen molar-refractivity contribution in [3.05, 3.63) is 35.5 Å². The van der Waals surface area contributed by atoms with E-state index in [4.69, 9.17) is 9.26 Å². The predicted octanol–water partition coefficient (Wildman–Crippen LogP) is 3.96. The summed E-state index contributed by atoms with van der Waals surface area (Å²) in [6, 6.07) is 4.60. The quantitative estimate of drug-likeness (QED) is 0.622. The molecule has 7 nitrogen and oxygen atoms in total. The predicted molar refractivity (Wildman–Crippen MR) is 102 cm³/mol. The highest BCUT2D eigenvalue weighted by molar-refractivity contribution is 5.75. The van der Waals surface area contributed by atoms with Crippen molar-refractivity contribution in [1.82, 2.24) is 15.0 Å². The number of benzene rings is 1. The molecule has 29 heavy (non-hydrogen) atoms. The average molecular weight is 411 g/mol. The Morgan fingerprint density at radius 3 is 2.59 bits per heavy atom. The van der Waals surface area contributed by atoms with Crippen LogP contribution in [0, 0.1) is 0 Å². The lowest BCUT2D eigenvalue weighted by Crippen LogP contribution is -2.26. The summed E-state index contributed by atoms with van der Waals surface area (Å²) in [5, 5.41) is 3.97. The van der Waals surface area contributed by atoms with Crippen LogP contribution in [0.4, 0.5) is 8.78 Å². The monoisotopic (exact) mass is 411 g/mol. The zero-order chi connectivity index (χ0) is 21.6. The van der Waals surface area contributed by atoms with Gasteiger partial charge in [-0.25, -0.2) is 0 Å². The first kappa shape index (κ1) is 22.6. The number of hydrogen-bond acceptors (Lipinski definition) is 6. The molecule has 0 saturated carbocycles. The highest BCUT2D eigenvalue weighted by atomic mass is 19.3. The molecular formula is C20H27F2N3O4.